The van der Waals surface area contributed by atoms with Gasteiger partial charge >= 0.3 is 0 Å². The van der Waals surface area contributed by atoms with E-state index in [2.05, 4.69) is 22.2 Å². The summed E-state index contributed by atoms with van der Waals surface area (Å²) in [5.74, 6) is 1.01. The summed E-state index contributed by atoms with van der Waals surface area (Å²) in [6.45, 7) is 4.19. The summed E-state index contributed by atoms with van der Waals surface area (Å²) >= 11 is 1.41. The van der Waals surface area contributed by atoms with E-state index in [9.17, 15) is 4.79 Å². The summed E-state index contributed by atoms with van der Waals surface area (Å²) in [4.78, 5) is 21.4. The van der Waals surface area contributed by atoms with E-state index in [0.717, 1.165) is 23.4 Å². The predicted molar refractivity (Wildman–Crippen MR) is 102 cm³/mol. The maximum Gasteiger partial charge on any atom is 0.230 e. The van der Waals surface area contributed by atoms with E-state index in [1.807, 2.05) is 43.3 Å². The zero-order valence-electron chi connectivity index (χ0n) is 14.9. The van der Waals surface area contributed by atoms with Crippen LogP contribution in [0.3, 0.4) is 0 Å². The average molecular weight is 356 g/mol. The van der Waals surface area contributed by atoms with Crippen molar-refractivity contribution in [2.24, 2.45) is 5.92 Å². The lowest BCUT2D eigenvalue weighted by atomic mass is 9.86. The topological polar surface area (TPSA) is 54.9 Å². The summed E-state index contributed by atoms with van der Waals surface area (Å²) in [7, 11) is 0. The molecular formula is C20H25N3OS. The van der Waals surface area contributed by atoms with Crippen molar-refractivity contribution in [3.05, 3.63) is 42.1 Å². The van der Waals surface area contributed by atoms with Gasteiger partial charge < -0.3 is 5.32 Å². The first kappa shape index (κ1) is 17.9. The molecule has 0 radical (unpaired) electrons. The second-order valence-electron chi connectivity index (χ2n) is 6.77. The standard InChI is InChI=1S/C20H25N3OS/c1-14-8-6-7-11-17(14)22-19(24)13-25-20-21-15(2)12-18(23-20)16-9-4-3-5-10-16/h3-5,9-10,12,14,17H,6-8,11,13H2,1-2H3,(H,22,24)/t14-,17+/m0/s1. The lowest BCUT2D eigenvalue weighted by Gasteiger charge is -2.29. The molecule has 2 aromatic rings. The highest BCUT2D eigenvalue weighted by Gasteiger charge is 2.22. The normalized spacial score (nSPS) is 20.2. The van der Waals surface area contributed by atoms with Gasteiger partial charge in [0.05, 0.1) is 11.4 Å². The van der Waals surface area contributed by atoms with Crippen molar-refractivity contribution in [3.8, 4) is 11.3 Å². The molecule has 1 aliphatic carbocycles. The van der Waals surface area contributed by atoms with Crippen LogP contribution in [0.15, 0.2) is 41.6 Å². The van der Waals surface area contributed by atoms with Gasteiger partial charge in [0.15, 0.2) is 5.16 Å². The summed E-state index contributed by atoms with van der Waals surface area (Å²) in [6.07, 6.45) is 4.79. The highest BCUT2D eigenvalue weighted by atomic mass is 32.2. The molecule has 3 rings (SSSR count). The van der Waals surface area contributed by atoms with Gasteiger partial charge in [-0.05, 0) is 31.7 Å². The smallest absolute Gasteiger partial charge is 0.230 e. The summed E-state index contributed by atoms with van der Waals surface area (Å²) < 4.78 is 0. The van der Waals surface area contributed by atoms with Crippen LogP contribution in [0.4, 0.5) is 0 Å². The van der Waals surface area contributed by atoms with Crippen molar-refractivity contribution in [2.75, 3.05) is 5.75 Å². The number of aromatic nitrogens is 2. The summed E-state index contributed by atoms with van der Waals surface area (Å²) in [6, 6.07) is 12.4. The van der Waals surface area contributed by atoms with Gasteiger partial charge in [-0.1, -0.05) is 61.9 Å². The van der Waals surface area contributed by atoms with E-state index in [1.54, 1.807) is 0 Å². The third-order valence-corrected chi connectivity index (χ3v) is 5.54. The number of amides is 1. The molecule has 1 fully saturated rings. The second kappa shape index (κ2) is 8.48. The molecule has 0 aliphatic heterocycles. The van der Waals surface area contributed by atoms with Crippen LogP contribution < -0.4 is 5.32 Å². The fourth-order valence-corrected chi connectivity index (χ4v) is 3.99. The number of hydrogen-bond donors (Lipinski definition) is 1. The quantitative estimate of drug-likeness (QED) is 0.644. The first-order valence-corrected chi connectivity index (χ1v) is 9.93. The molecule has 5 heteroatoms. The Balaban J connectivity index is 1.61. The molecule has 0 unspecified atom stereocenters. The SMILES string of the molecule is Cc1cc(-c2ccccc2)nc(SCC(=O)N[C@@H]2CCCC[C@@H]2C)n1. The predicted octanol–water partition coefficient (Wildman–Crippen LogP) is 4.24. The van der Waals surface area contributed by atoms with Crippen LogP contribution in [0.25, 0.3) is 11.3 Å². The highest BCUT2D eigenvalue weighted by molar-refractivity contribution is 7.99. The van der Waals surface area contributed by atoms with Gasteiger partial charge in [0.25, 0.3) is 0 Å². The van der Waals surface area contributed by atoms with Gasteiger partial charge in [0, 0.05) is 17.3 Å². The van der Waals surface area contributed by atoms with Gasteiger partial charge in [-0.3, -0.25) is 4.79 Å². The van der Waals surface area contributed by atoms with Crippen LogP contribution in [-0.4, -0.2) is 27.7 Å². The van der Waals surface area contributed by atoms with Gasteiger partial charge in [-0.15, -0.1) is 0 Å². The van der Waals surface area contributed by atoms with E-state index < -0.39 is 0 Å². The van der Waals surface area contributed by atoms with Crippen LogP contribution in [0.2, 0.25) is 0 Å². The fourth-order valence-electron chi connectivity index (χ4n) is 3.27. The molecule has 1 aromatic heterocycles. The molecule has 2 atom stereocenters. The molecule has 4 nitrogen and oxygen atoms in total. The van der Waals surface area contributed by atoms with E-state index in [0.29, 0.717) is 22.9 Å². The molecule has 132 valence electrons. The molecule has 1 heterocycles. The summed E-state index contributed by atoms with van der Waals surface area (Å²) in [5.41, 5.74) is 2.88. The highest BCUT2D eigenvalue weighted by Crippen LogP contribution is 2.24. The third kappa shape index (κ3) is 5.05. The van der Waals surface area contributed by atoms with Gasteiger partial charge in [0.2, 0.25) is 5.91 Å². The molecular weight excluding hydrogens is 330 g/mol. The van der Waals surface area contributed by atoms with Crippen LogP contribution in [-0.2, 0) is 4.79 Å². The van der Waals surface area contributed by atoms with Crippen molar-refractivity contribution < 1.29 is 4.79 Å². The molecule has 1 aromatic carbocycles. The van der Waals surface area contributed by atoms with E-state index in [-0.39, 0.29) is 5.91 Å². The molecule has 0 spiro atoms. The zero-order valence-corrected chi connectivity index (χ0v) is 15.7. The van der Waals surface area contributed by atoms with E-state index in [4.69, 9.17) is 0 Å². The minimum Gasteiger partial charge on any atom is -0.352 e. The number of rotatable bonds is 5. The van der Waals surface area contributed by atoms with Crippen LogP contribution in [0.1, 0.15) is 38.3 Å². The number of benzene rings is 1. The van der Waals surface area contributed by atoms with Crippen LogP contribution in [0, 0.1) is 12.8 Å². The number of hydrogen-bond acceptors (Lipinski definition) is 4. The maximum atomic E-state index is 12.3. The van der Waals surface area contributed by atoms with Gasteiger partial charge in [-0.25, -0.2) is 9.97 Å². The number of thioether (sulfide) groups is 1. The van der Waals surface area contributed by atoms with E-state index in [1.165, 1.54) is 31.0 Å². The fraction of sp³-hybridized carbons (Fsp3) is 0.450. The van der Waals surface area contributed by atoms with E-state index >= 15 is 0 Å². The molecule has 1 N–H and O–H groups in total. The Bertz CT molecular complexity index is 720. The number of aryl methyl sites for hydroxylation is 1. The molecule has 1 aliphatic rings. The number of carbonyl (C=O) groups excluding carboxylic acids is 1. The van der Waals surface area contributed by atoms with Crippen molar-refractivity contribution >= 4 is 17.7 Å². The largest absolute Gasteiger partial charge is 0.352 e. The Kier molecular flexibility index (Phi) is 6.08. The number of nitrogens with zero attached hydrogens (tertiary/aromatic N) is 2. The lowest BCUT2D eigenvalue weighted by molar-refractivity contribution is -0.119. The Morgan fingerprint density at radius 3 is 2.72 bits per heavy atom. The summed E-state index contributed by atoms with van der Waals surface area (Å²) in [5, 5.41) is 3.84. The van der Waals surface area contributed by atoms with Crippen molar-refractivity contribution in [3.63, 3.8) is 0 Å². The zero-order chi connectivity index (χ0) is 17.6. The lowest BCUT2D eigenvalue weighted by Crippen LogP contribution is -2.41. The maximum absolute atomic E-state index is 12.3. The molecule has 1 saturated carbocycles. The van der Waals surface area contributed by atoms with Crippen molar-refractivity contribution in [2.45, 2.75) is 50.7 Å². The molecule has 0 saturated heterocycles. The number of nitrogens with one attached hydrogen (secondary N) is 1. The second-order valence-corrected chi connectivity index (χ2v) is 7.71. The first-order chi connectivity index (χ1) is 12.1. The first-order valence-electron chi connectivity index (χ1n) is 8.95. The minimum absolute atomic E-state index is 0.0788. The Hall–Kier alpha value is -1.88. The third-order valence-electron chi connectivity index (χ3n) is 4.69. The van der Waals surface area contributed by atoms with Gasteiger partial charge in [0.1, 0.15) is 0 Å². The van der Waals surface area contributed by atoms with Crippen molar-refractivity contribution in [1.29, 1.82) is 0 Å². The number of carbonyl (C=O) groups is 1. The molecule has 0 bridgehead atoms. The Morgan fingerprint density at radius 1 is 1.20 bits per heavy atom. The van der Waals surface area contributed by atoms with Gasteiger partial charge in [-0.2, -0.15) is 0 Å². The minimum atomic E-state index is 0.0788. The van der Waals surface area contributed by atoms with Crippen LogP contribution >= 0.6 is 11.8 Å². The molecule has 1 amide bonds. The monoisotopic (exact) mass is 355 g/mol. The average Bonchev–Trinajstić information content (AvgIpc) is 2.62. The molecule has 25 heavy (non-hydrogen) atoms. The van der Waals surface area contributed by atoms with Crippen molar-refractivity contribution in [1.82, 2.24) is 15.3 Å². The Morgan fingerprint density at radius 2 is 1.96 bits per heavy atom. The Labute approximate surface area is 153 Å². The van der Waals surface area contributed by atoms with Crippen LogP contribution in [0.5, 0.6) is 0 Å².